The summed E-state index contributed by atoms with van der Waals surface area (Å²) in [6.07, 6.45) is 4.13. The molecule has 23 heavy (non-hydrogen) atoms. The van der Waals surface area contributed by atoms with E-state index >= 15 is 0 Å². The normalized spacial score (nSPS) is 18.0. The number of rotatable bonds is 5. The minimum absolute atomic E-state index is 0.0580. The molecule has 0 saturated carbocycles. The SMILES string of the molecule is O=C(CCOc1ccccc1F)N1CCCC(c2nccs2)C1. The van der Waals surface area contributed by atoms with E-state index in [9.17, 15) is 9.18 Å². The van der Waals surface area contributed by atoms with Crippen molar-refractivity contribution in [1.29, 1.82) is 0 Å². The number of thiazole rings is 1. The third-order valence-corrected chi connectivity index (χ3v) is 4.92. The topological polar surface area (TPSA) is 42.4 Å². The van der Waals surface area contributed by atoms with Crippen molar-refractivity contribution in [2.24, 2.45) is 0 Å². The van der Waals surface area contributed by atoms with Gasteiger partial charge in [-0.3, -0.25) is 4.79 Å². The number of benzene rings is 1. The van der Waals surface area contributed by atoms with E-state index in [2.05, 4.69) is 4.98 Å². The predicted octanol–water partition coefficient (Wildman–Crippen LogP) is 3.46. The molecule has 6 heteroatoms. The quantitative estimate of drug-likeness (QED) is 0.841. The lowest BCUT2D eigenvalue weighted by Crippen LogP contribution is -2.39. The summed E-state index contributed by atoms with van der Waals surface area (Å²) in [5.41, 5.74) is 0. The lowest BCUT2D eigenvalue weighted by molar-refractivity contribution is -0.132. The maximum absolute atomic E-state index is 13.5. The summed E-state index contributed by atoms with van der Waals surface area (Å²) >= 11 is 1.64. The van der Waals surface area contributed by atoms with Gasteiger partial charge in [-0.05, 0) is 25.0 Å². The van der Waals surface area contributed by atoms with Crippen LogP contribution >= 0.6 is 11.3 Å². The summed E-state index contributed by atoms with van der Waals surface area (Å²) in [5.74, 6) is 0.184. The van der Waals surface area contributed by atoms with Crippen molar-refractivity contribution in [3.8, 4) is 5.75 Å². The molecule has 3 rings (SSSR count). The van der Waals surface area contributed by atoms with E-state index in [1.807, 2.05) is 16.5 Å². The minimum atomic E-state index is -0.401. The van der Waals surface area contributed by atoms with Crippen LogP contribution in [0.3, 0.4) is 0 Å². The van der Waals surface area contributed by atoms with Crippen molar-refractivity contribution < 1.29 is 13.9 Å². The van der Waals surface area contributed by atoms with Crippen LogP contribution in [0, 0.1) is 5.82 Å². The van der Waals surface area contributed by atoms with Crippen LogP contribution in [-0.2, 0) is 4.79 Å². The molecule has 1 aromatic carbocycles. The maximum Gasteiger partial charge on any atom is 0.226 e. The third-order valence-electron chi connectivity index (χ3n) is 3.98. The van der Waals surface area contributed by atoms with Gasteiger partial charge in [0.25, 0.3) is 0 Å². The Morgan fingerprint density at radius 1 is 1.43 bits per heavy atom. The van der Waals surface area contributed by atoms with Crippen molar-refractivity contribution in [3.05, 3.63) is 46.7 Å². The zero-order valence-corrected chi connectivity index (χ0v) is 13.6. The number of amides is 1. The van der Waals surface area contributed by atoms with Gasteiger partial charge in [0.05, 0.1) is 18.0 Å². The summed E-state index contributed by atoms with van der Waals surface area (Å²) in [7, 11) is 0. The Bertz CT molecular complexity index is 648. The Balaban J connectivity index is 1.49. The van der Waals surface area contributed by atoms with E-state index in [4.69, 9.17) is 4.74 Å². The molecule has 1 aliphatic heterocycles. The average molecular weight is 334 g/mol. The molecule has 0 spiro atoms. The highest BCUT2D eigenvalue weighted by Crippen LogP contribution is 2.28. The van der Waals surface area contributed by atoms with E-state index in [1.54, 1.807) is 29.5 Å². The molecule has 2 heterocycles. The van der Waals surface area contributed by atoms with E-state index in [0.29, 0.717) is 12.5 Å². The van der Waals surface area contributed by atoms with Gasteiger partial charge in [0.15, 0.2) is 11.6 Å². The van der Waals surface area contributed by atoms with Crippen molar-refractivity contribution in [2.45, 2.75) is 25.2 Å². The molecular formula is C17H19FN2O2S. The summed E-state index contributed by atoms with van der Waals surface area (Å²) in [4.78, 5) is 18.6. The van der Waals surface area contributed by atoms with Gasteiger partial charge in [-0.1, -0.05) is 12.1 Å². The zero-order valence-electron chi connectivity index (χ0n) is 12.8. The predicted molar refractivity (Wildman–Crippen MR) is 87.2 cm³/mol. The number of hydrogen-bond donors (Lipinski definition) is 0. The number of carbonyl (C=O) groups excluding carboxylic acids is 1. The average Bonchev–Trinajstić information content (AvgIpc) is 3.11. The number of aromatic nitrogens is 1. The van der Waals surface area contributed by atoms with Gasteiger partial charge in [0.2, 0.25) is 5.91 Å². The van der Waals surface area contributed by atoms with Crippen LogP contribution in [-0.4, -0.2) is 35.5 Å². The molecule has 2 aromatic rings. The van der Waals surface area contributed by atoms with Gasteiger partial charge in [0.1, 0.15) is 0 Å². The second-order valence-electron chi connectivity index (χ2n) is 5.58. The largest absolute Gasteiger partial charge is 0.490 e. The first-order chi connectivity index (χ1) is 11.2. The van der Waals surface area contributed by atoms with E-state index in [0.717, 1.165) is 24.4 Å². The molecule has 0 bridgehead atoms. The molecule has 0 N–H and O–H groups in total. The fourth-order valence-electron chi connectivity index (χ4n) is 2.81. The van der Waals surface area contributed by atoms with Gasteiger partial charge in [-0.25, -0.2) is 9.37 Å². The van der Waals surface area contributed by atoms with Crippen molar-refractivity contribution in [2.75, 3.05) is 19.7 Å². The summed E-state index contributed by atoms with van der Waals surface area (Å²) in [6.45, 7) is 1.69. The molecule has 0 radical (unpaired) electrons. The Labute approximate surface area is 138 Å². The molecule has 1 aliphatic rings. The van der Waals surface area contributed by atoms with Crippen LogP contribution in [0.2, 0.25) is 0 Å². The highest BCUT2D eigenvalue weighted by atomic mass is 32.1. The molecule has 0 aliphatic carbocycles. The lowest BCUT2D eigenvalue weighted by atomic mass is 9.98. The van der Waals surface area contributed by atoms with Crippen molar-refractivity contribution in [1.82, 2.24) is 9.88 Å². The number of para-hydroxylation sites is 1. The van der Waals surface area contributed by atoms with Crippen LogP contribution in [0.1, 0.15) is 30.2 Å². The Hall–Kier alpha value is -1.95. The molecule has 1 atom stereocenters. The second kappa shape index (κ2) is 7.55. The van der Waals surface area contributed by atoms with Gasteiger partial charge in [-0.15, -0.1) is 11.3 Å². The monoisotopic (exact) mass is 334 g/mol. The van der Waals surface area contributed by atoms with Gasteiger partial charge in [0, 0.05) is 30.6 Å². The molecule has 1 unspecified atom stereocenters. The first-order valence-electron chi connectivity index (χ1n) is 7.78. The Morgan fingerprint density at radius 2 is 2.30 bits per heavy atom. The first kappa shape index (κ1) is 15.9. The number of piperidine rings is 1. The Kier molecular flexibility index (Phi) is 5.23. The van der Waals surface area contributed by atoms with E-state index < -0.39 is 5.82 Å². The van der Waals surface area contributed by atoms with Gasteiger partial charge < -0.3 is 9.64 Å². The van der Waals surface area contributed by atoms with Crippen LogP contribution in [0.25, 0.3) is 0 Å². The third kappa shape index (κ3) is 4.07. The molecule has 122 valence electrons. The first-order valence-corrected chi connectivity index (χ1v) is 8.66. The standard InChI is InChI=1S/C17H19FN2O2S/c18-14-5-1-2-6-15(14)22-10-7-16(21)20-9-3-4-13(12-20)17-19-8-11-23-17/h1-2,5-6,8,11,13H,3-4,7,9-10,12H2. The highest BCUT2D eigenvalue weighted by molar-refractivity contribution is 7.09. The summed E-state index contributed by atoms with van der Waals surface area (Å²) in [6, 6.07) is 6.24. The smallest absolute Gasteiger partial charge is 0.226 e. The van der Waals surface area contributed by atoms with E-state index in [-0.39, 0.29) is 24.7 Å². The molecule has 1 fully saturated rings. The molecule has 1 aromatic heterocycles. The number of hydrogen-bond acceptors (Lipinski definition) is 4. The van der Waals surface area contributed by atoms with Crippen molar-refractivity contribution in [3.63, 3.8) is 0 Å². The summed E-state index contributed by atoms with van der Waals surface area (Å²) < 4.78 is 18.8. The highest BCUT2D eigenvalue weighted by Gasteiger charge is 2.25. The number of ether oxygens (including phenoxy) is 1. The number of likely N-dealkylation sites (tertiary alicyclic amines) is 1. The van der Waals surface area contributed by atoms with Crippen molar-refractivity contribution >= 4 is 17.2 Å². The fraction of sp³-hybridized carbons (Fsp3) is 0.412. The van der Waals surface area contributed by atoms with Crippen LogP contribution in [0.4, 0.5) is 4.39 Å². The van der Waals surface area contributed by atoms with E-state index in [1.165, 1.54) is 6.07 Å². The molecule has 4 nitrogen and oxygen atoms in total. The van der Waals surface area contributed by atoms with Crippen LogP contribution in [0.15, 0.2) is 35.8 Å². The lowest BCUT2D eigenvalue weighted by Gasteiger charge is -2.31. The fourth-order valence-corrected chi connectivity index (χ4v) is 3.58. The van der Waals surface area contributed by atoms with Crippen LogP contribution < -0.4 is 4.74 Å². The molecule has 1 saturated heterocycles. The van der Waals surface area contributed by atoms with Gasteiger partial charge >= 0.3 is 0 Å². The van der Waals surface area contributed by atoms with Crippen LogP contribution in [0.5, 0.6) is 5.75 Å². The maximum atomic E-state index is 13.5. The number of nitrogens with zero attached hydrogens (tertiary/aromatic N) is 2. The molecular weight excluding hydrogens is 315 g/mol. The zero-order chi connectivity index (χ0) is 16.1. The van der Waals surface area contributed by atoms with Gasteiger partial charge in [-0.2, -0.15) is 0 Å². The summed E-state index contributed by atoms with van der Waals surface area (Å²) in [5, 5.41) is 3.07. The number of carbonyl (C=O) groups is 1. The molecule has 1 amide bonds. The second-order valence-corrected chi connectivity index (χ2v) is 6.50. The number of halogens is 1. The Morgan fingerprint density at radius 3 is 3.09 bits per heavy atom. The minimum Gasteiger partial charge on any atom is -0.490 e.